The van der Waals surface area contributed by atoms with Crippen molar-refractivity contribution in [1.29, 1.82) is 0 Å². The summed E-state index contributed by atoms with van der Waals surface area (Å²) in [6.07, 6.45) is 0. The molecule has 0 bridgehead atoms. The van der Waals surface area contributed by atoms with Crippen molar-refractivity contribution in [2.75, 3.05) is 39.4 Å². The van der Waals surface area contributed by atoms with Crippen molar-refractivity contribution in [3.05, 3.63) is 23.3 Å². The number of hydrogen-bond donors (Lipinski definition) is 1. The summed E-state index contributed by atoms with van der Waals surface area (Å²) in [7, 11) is 6.79. The maximum absolute atomic E-state index is 12.4. The maximum atomic E-state index is 12.4. The molecule has 9 heteroatoms. The molecule has 0 spiro atoms. The zero-order valence-corrected chi connectivity index (χ0v) is 16.6. The Bertz CT molecular complexity index is 736. The molecule has 1 N–H and O–H groups in total. The quantitative estimate of drug-likeness (QED) is 0.703. The fourth-order valence-electron chi connectivity index (χ4n) is 2.14. The molecule has 0 fully saturated rings. The lowest BCUT2D eigenvalue weighted by molar-refractivity contribution is -0.127. The van der Waals surface area contributed by atoms with E-state index in [1.165, 1.54) is 23.1 Å². The van der Waals surface area contributed by atoms with E-state index >= 15 is 0 Å². The van der Waals surface area contributed by atoms with Gasteiger partial charge in [0.05, 0.1) is 20.0 Å². The van der Waals surface area contributed by atoms with Crippen molar-refractivity contribution in [2.24, 2.45) is 0 Å². The van der Waals surface area contributed by atoms with Crippen molar-refractivity contribution in [2.45, 2.75) is 17.8 Å². The number of nitrogens with zero attached hydrogens (tertiary/aromatic N) is 3. The zero-order chi connectivity index (χ0) is 18.4. The number of benzene rings is 1. The summed E-state index contributed by atoms with van der Waals surface area (Å²) < 4.78 is 11.4. The van der Waals surface area contributed by atoms with Crippen LogP contribution in [-0.4, -0.2) is 55.1 Å². The number of aromatic nitrogens is 2. The molecule has 0 radical (unpaired) electrons. The molecule has 0 aliphatic carbocycles. The van der Waals surface area contributed by atoms with Gasteiger partial charge in [-0.15, -0.1) is 10.2 Å². The van der Waals surface area contributed by atoms with Crippen LogP contribution in [-0.2, 0) is 11.3 Å². The fraction of sp³-hybridized carbons (Fsp3) is 0.438. The molecule has 0 saturated carbocycles. The summed E-state index contributed by atoms with van der Waals surface area (Å²) in [4.78, 5) is 14.1. The van der Waals surface area contributed by atoms with Gasteiger partial charge in [0, 0.05) is 20.6 Å². The molecule has 0 aliphatic rings. The molecule has 25 heavy (non-hydrogen) atoms. The van der Waals surface area contributed by atoms with Crippen molar-refractivity contribution in [3.63, 3.8) is 0 Å². The van der Waals surface area contributed by atoms with Crippen LogP contribution in [0.2, 0.25) is 0 Å². The van der Waals surface area contributed by atoms with E-state index in [-0.39, 0.29) is 5.91 Å². The third kappa shape index (κ3) is 4.99. The zero-order valence-electron chi connectivity index (χ0n) is 15.0. The van der Waals surface area contributed by atoms with Crippen molar-refractivity contribution in [1.82, 2.24) is 15.1 Å². The van der Waals surface area contributed by atoms with Gasteiger partial charge in [-0.2, -0.15) is 0 Å². The third-order valence-electron chi connectivity index (χ3n) is 3.61. The molecule has 1 amide bonds. The highest BCUT2D eigenvalue weighted by atomic mass is 32.2. The molecule has 1 heterocycles. The van der Waals surface area contributed by atoms with E-state index in [2.05, 4.69) is 15.5 Å². The van der Waals surface area contributed by atoms with Crippen molar-refractivity contribution in [3.8, 4) is 11.5 Å². The van der Waals surface area contributed by atoms with Crippen LogP contribution in [0.25, 0.3) is 0 Å². The molecule has 136 valence electrons. The highest BCUT2D eigenvalue weighted by Crippen LogP contribution is 2.31. The largest absolute Gasteiger partial charge is 0.493 e. The molecular formula is C16H22N4O3S2. The van der Waals surface area contributed by atoms with Crippen LogP contribution in [0.1, 0.15) is 11.1 Å². The van der Waals surface area contributed by atoms with Gasteiger partial charge in [0.25, 0.3) is 0 Å². The second kappa shape index (κ2) is 8.91. The lowest BCUT2D eigenvalue weighted by Gasteiger charge is -2.19. The Labute approximate surface area is 155 Å². The number of amides is 1. The van der Waals surface area contributed by atoms with Gasteiger partial charge in [0.1, 0.15) is 0 Å². The topological polar surface area (TPSA) is 76.6 Å². The number of thioether (sulfide) groups is 1. The first-order valence-corrected chi connectivity index (χ1v) is 9.38. The molecule has 7 nitrogen and oxygen atoms in total. The minimum Gasteiger partial charge on any atom is -0.493 e. The Morgan fingerprint density at radius 3 is 2.56 bits per heavy atom. The standard InChI is InChI=1S/C16H22N4O3S2/c1-10-6-12(22-4)13(23-5)7-11(10)8-20(3)14(21)9-24-16-19-18-15(17-2)25-16/h6-7H,8-9H2,1-5H3,(H,17,18). The SMILES string of the molecule is CNc1nnc(SCC(=O)N(C)Cc2cc(OC)c(OC)cc2C)s1. The first-order valence-electron chi connectivity index (χ1n) is 7.58. The summed E-state index contributed by atoms with van der Waals surface area (Å²) in [5.74, 6) is 1.69. The summed E-state index contributed by atoms with van der Waals surface area (Å²) in [6, 6.07) is 3.83. The second-order valence-electron chi connectivity index (χ2n) is 5.30. The Hall–Kier alpha value is -2.00. The number of rotatable bonds is 8. The first-order chi connectivity index (χ1) is 12.0. The summed E-state index contributed by atoms with van der Waals surface area (Å²) in [5.41, 5.74) is 2.07. The van der Waals surface area contributed by atoms with Crippen LogP contribution in [0.5, 0.6) is 11.5 Å². The lowest BCUT2D eigenvalue weighted by atomic mass is 10.1. The maximum Gasteiger partial charge on any atom is 0.233 e. The molecule has 0 aliphatic heterocycles. The minimum absolute atomic E-state index is 0.0281. The van der Waals surface area contributed by atoms with Gasteiger partial charge in [-0.3, -0.25) is 4.79 Å². The monoisotopic (exact) mass is 382 g/mol. The number of ether oxygens (including phenoxy) is 2. The van der Waals surface area contributed by atoms with Crippen molar-refractivity contribution < 1.29 is 14.3 Å². The Balaban J connectivity index is 1.98. The third-order valence-corrected chi connectivity index (χ3v) is 5.67. The van der Waals surface area contributed by atoms with E-state index in [0.29, 0.717) is 23.8 Å². The summed E-state index contributed by atoms with van der Waals surface area (Å²) in [5, 5.41) is 11.7. The summed E-state index contributed by atoms with van der Waals surface area (Å²) in [6.45, 7) is 2.49. The van der Waals surface area contributed by atoms with Gasteiger partial charge >= 0.3 is 0 Å². The normalized spacial score (nSPS) is 10.4. The molecule has 0 saturated heterocycles. The van der Waals surface area contributed by atoms with Crippen molar-refractivity contribution >= 4 is 34.1 Å². The predicted molar refractivity (Wildman–Crippen MR) is 101 cm³/mol. The van der Waals surface area contributed by atoms with E-state index in [1.54, 1.807) is 33.2 Å². The van der Waals surface area contributed by atoms with Crippen LogP contribution in [0.4, 0.5) is 5.13 Å². The van der Waals surface area contributed by atoms with Gasteiger partial charge in [-0.1, -0.05) is 23.1 Å². The Morgan fingerprint density at radius 2 is 1.96 bits per heavy atom. The predicted octanol–water partition coefficient (Wildman–Crippen LogP) is 2.66. The Kier molecular flexibility index (Phi) is 6.89. The van der Waals surface area contributed by atoms with Gasteiger partial charge in [-0.25, -0.2) is 0 Å². The molecule has 1 aromatic heterocycles. The molecule has 2 aromatic rings. The highest BCUT2D eigenvalue weighted by molar-refractivity contribution is 8.01. The number of hydrogen-bond acceptors (Lipinski definition) is 8. The van der Waals surface area contributed by atoms with E-state index in [0.717, 1.165) is 20.6 Å². The lowest BCUT2D eigenvalue weighted by Crippen LogP contribution is -2.28. The molecule has 2 rings (SSSR count). The average Bonchev–Trinajstić information content (AvgIpc) is 3.08. The number of nitrogens with one attached hydrogen (secondary N) is 1. The number of carbonyl (C=O) groups is 1. The van der Waals surface area contributed by atoms with Crippen LogP contribution in [0, 0.1) is 6.92 Å². The van der Waals surface area contributed by atoms with E-state index in [4.69, 9.17) is 9.47 Å². The number of aryl methyl sites for hydroxylation is 1. The van der Waals surface area contributed by atoms with Gasteiger partial charge < -0.3 is 19.7 Å². The van der Waals surface area contributed by atoms with Crippen LogP contribution in [0.15, 0.2) is 16.5 Å². The Morgan fingerprint density at radius 1 is 1.28 bits per heavy atom. The van der Waals surface area contributed by atoms with E-state index in [1.807, 2.05) is 19.1 Å². The first kappa shape index (κ1) is 19.3. The van der Waals surface area contributed by atoms with Gasteiger partial charge in [0.2, 0.25) is 11.0 Å². The number of methoxy groups -OCH3 is 2. The van der Waals surface area contributed by atoms with E-state index in [9.17, 15) is 4.79 Å². The smallest absolute Gasteiger partial charge is 0.233 e. The molecular weight excluding hydrogens is 360 g/mol. The van der Waals surface area contributed by atoms with Gasteiger partial charge in [0.15, 0.2) is 15.8 Å². The molecule has 1 aromatic carbocycles. The average molecular weight is 383 g/mol. The molecule has 0 unspecified atom stereocenters. The van der Waals surface area contributed by atoms with Crippen LogP contribution in [0.3, 0.4) is 0 Å². The number of carbonyl (C=O) groups excluding carboxylic acids is 1. The fourth-order valence-corrected chi connectivity index (χ4v) is 3.79. The highest BCUT2D eigenvalue weighted by Gasteiger charge is 2.15. The second-order valence-corrected chi connectivity index (χ2v) is 7.50. The number of anilines is 1. The van der Waals surface area contributed by atoms with E-state index < -0.39 is 0 Å². The minimum atomic E-state index is 0.0281. The molecule has 0 atom stereocenters. The van der Waals surface area contributed by atoms with Crippen LogP contribution < -0.4 is 14.8 Å². The summed E-state index contributed by atoms with van der Waals surface area (Å²) >= 11 is 2.82. The van der Waals surface area contributed by atoms with Gasteiger partial charge in [-0.05, 0) is 30.2 Å². The van der Waals surface area contributed by atoms with Crippen LogP contribution >= 0.6 is 23.1 Å².